The van der Waals surface area contributed by atoms with Gasteiger partial charge in [0.05, 0.1) is 34.7 Å². The fraction of sp³-hybridized carbons (Fsp3) is 0.464. The second-order valence-corrected chi connectivity index (χ2v) is 12.8. The van der Waals surface area contributed by atoms with E-state index in [0.29, 0.717) is 12.8 Å². The molecule has 3 aliphatic rings. The van der Waals surface area contributed by atoms with E-state index in [1.54, 1.807) is 28.4 Å². The van der Waals surface area contributed by atoms with Crippen molar-refractivity contribution in [2.75, 3.05) is 13.7 Å². The molecule has 2 unspecified atom stereocenters. The Morgan fingerprint density at radius 3 is 2.62 bits per heavy atom. The lowest BCUT2D eigenvalue weighted by molar-refractivity contribution is -0.143. The van der Waals surface area contributed by atoms with Gasteiger partial charge in [-0.2, -0.15) is 0 Å². The Labute approximate surface area is 230 Å². The van der Waals surface area contributed by atoms with Crippen LogP contribution in [0.15, 0.2) is 54.6 Å². The standard InChI is InChI=1S/C28H32N6O4S/c1-27-12-13-28(39-27)22(21(27)24(36)29-2)26(38)34(18(15-35)14-17-8-4-3-5-9-17)23(28)25(37)30-16-33-20-11-7-6-10-19(20)31-32-33/h3-11,18,21-23,35H,12-16H2,1-2H3,(H,29,36)(H,30,37)/t18-,21+,22+,23?,27-,28?/m1/s1. The van der Waals surface area contributed by atoms with Crippen LogP contribution in [0, 0.1) is 11.8 Å². The van der Waals surface area contributed by atoms with Crippen LogP contribution in [0.4, 0.5) is 0 Å². The normalized spacial score (nSPS) is 30.0. The molecule has 10 nitrogen and oxygen atoms in total. The monoisotopic (exact) mass is 548 g/mol. The van der Waals surface area contributed by atoms with Crippen molar-refractivity contribution in [3.8, 4) is 0 Å². The number of aliphatic hydroxyl groups excluding tert-OH is 1. The van der Waals surface area contributed by atoms with E-state index in [4.69, 9.17) is 0 Å². The number of thioether (sulfide) groups is 1. The van der Waals surface area contributed by atoms with E-state index in [1.807, 2.05) is 61.5 Å². The van der Waals surface area contributed by atoms with Crippen molar-refractivity contribution in [2.45, 2.75) is 54.4 Å². The maximum atomic E-state index is 14.3. The first-order valence-corrected chi connectivity index (χ1v) is 14.1. The zero-order valence-corrected chi connectivity index (χ0v) is 22.7. The van der Waals surface area contributed by atoms with Crippen LogP contribution in [0.5, 0.6) is 0 Å². The van der Waals surface area contributed by atoms with E-state index in [0.717, 1.165) is 23.0 Å². The number of aromatic nitrogens is 3. The maximum absolute atomic E-state index is 14.3. The number of hydrogen-bond acceptors (Lipinski definition) is 7. The van der Waals surface area contributed by atoms with Gasteiger partial charge in [0.2, 0.25) is 17.7 Å². The molecule has 6 atom stereocenters. The van der Waals surface area contributed by atoms with Crippen molar-refractivity contribution < 1.29 is 19.5 Å². The van der Waals surface area contributed by atoms with Crippen molar-refractivity contribution >= 4 is 40.5 Å². The van der Waals surface area contributed by atoms with Crippen LogP contribution in [0.25, 0.3) is 11.0 Å². The topological polar surface area (TPSA) is 129 Å². The first-order chi connectivity index (χ1) is 18.8. The molecule has 0 radical (unpaired) electrons. The Hall–Kier alpha value is -3.44. The number of aliphatic hydroxyl groups is 1. The molecule has 2 bridgehead atoms. The summed E-state index contributed by atoms with van der Waals surface area (Å²) < 4.78 is 0.411. The zero-order valence-electron chi connectivity index (χ0n) is 21.9. The quantitative estimate of drug-likeness (QED) is 0.387. The lowest BCUT2D eigenvalue weighted by atomic mass is 9.66. The summed E-state index contributed by atoms with van der Waals surface area (Å²) in [5, 5.41) is 24.6. The molecule has 4 heterocycles. The first kappa shape index (κ1) is 25.8. The van der Waals surface area contributed by atoms with E-state index in [2.05, 4.69) is 20.9 Å². The summed E-state index contributed by atoms with van der Waals surface area (Å²) in [6.45, 7) is 1.82. The molecule has 3 saturated heterocycles. The van der Waals surface area contributed by atoms with Crippen LogP contribution in [0.2, 0.25) is 0 Å². The van der Waals surface area contributed by atoms with Crippen molar-refractivity contribution in [1.29, 1.82) is 0 Å². The summed E-state index contributed by atoms with van der Waals surface area (Å²) in [5.74, 6) is -1.92. The van der Waals surface area contributed by atoms with Crippen LogP contribution in [0.1, 0.15) is 25.3 Å². The van der Waals surface area contributed by atoms with Gasteiger partial charge in [0.25, 0.3) is 0 Å². The average molecular weight is 549 g/mol. The summed E-state index contributed by atoms with van der Waals surface area (Å²) in [7, 11) is 1.59. The number of carbonyl (C=O) groups is 3. The van der Waals surface area contributed by atoms with E-state index in [9.17, 15) is 19.5 Å². The van der Waals surface area contributed by atoms with Crippen LogP contribution < -0.4 is 10.6 Å². The lowest BCUT2D eigenvalue weighted by Gasteiger charge is -2.37. The predicted molar refractivity (Wildman–Crippen MR) is 146 cm³/mol. The molecule has 1 spiro atoms. The SMILES string of the molecule is CNC(=O)[C@@H]1[C@H]2C(=O)N([C@@H](CO)Cc3ccccc3)C(C(=O)NCn3nnc4ccccc43)C23CC[C@@]1(C)S3. The van der Waals surface area contributed by atoms with E-state index in [-0.39, 0.29) is 31.0 Å². The Morgan fingerprint density at radius 1 is 1.13 bits per heavy atom. The molecule has 3 N–H and O–H groups in total. The number of para-hydroxylation sites is 1. The second kappa shape index (κ2) is 9.63. The molecule has 1 aromatic heterocycles. The van der Waals surface area contributed by atoms with Crippen molar-refractivity contribution in [3.05, 3.63) is 60.2 Å². The van der Waals surface area contributed by atoms with Gasteiger partial charge in [-0.3, -0.25) is 14.4 Å². The second-order valence-electron chi connectivity index (χ2n) is 10.9. The zero-order chi connectivity index (χ0) is 27.4. The largest absolute Gasteiger partial charge is 0.394 e. The molecule has 3 fully saturated rings. The molecule has 39 heavy (non-hydrogen) atoms. The van der Waals surface area contributed by atoms with Gasteiger partial charge in [0, 0.05) is 11.8 Å². The molecule has 0 saturated carbocycles. The van der Waals surface area contributed by atoms with Gasteiger partial charge in [0.15, 0.2) is 0 Å². The summed E-state index contributed by atoms with van der Waals surface area (Å²) in [6, 6.07) is 15.7. The number of hydrogen-bond donors (Lipinski definition) is 3. The number of benzene rings is 2. The Morgan fingerprint density at radius 2 is 1.87 bits per heavy atom. The average Bonchev–Trinajstić information content (AvgIpc) is 3.66. The number of carbonyl (C=O) groups excluding carboxylic acids is 3. The molecule has 204 valence electrons. The highest BCUT2D eigenvalue weighted by Gasteiger charge is 2.77. The third-order valence-electron chi connectivity index (χ3n) is 8.73. The fourth-order valence-corrected chi connectivity index (χ4v) is 9.38. The van der Waals surface area contributed by atoms with Gasteiger partial charge >= 0.3 is 0 Å². The van der Waals surface area contributed by atoms with Gasteiger partial charge in [-0.25, -0.2) is 4.68 Å². The number of fused-ring (bicyclic) bond motifs is 2. The fourth-order valence-electron chi connectivity index (χ4n) is 7.03. The van der Waals surface area contributed by atoms with E-state index >= 15 is 0 Å². The third kappa shape index (κ3) is 3.93. The third-order valence-corrected chi connectivity index (χ3v) is 10.7. The van der Waals surface area contributed by atoms with E-state index in [1.165, 1.54) is 0 Å². The molecule has 11 heteroatoms. The maximum Gasteiger partial charge on any atom is 0.245 e. The summed E-state index contributed by atoms with van der Waals surface area (Å²) in [6.07, 6.45) is 1.77. The van der Waals surface area contributed by atoms with Crippen LogP contribution >= 0.6 is 11.8 Å². The lowest BCUT2D eigenvalue weighted by Crippen LogP contribution is -2.57. The molecule has 3 aliphatic heterocycles. The smallest absolute Gasteiger partial charge is 0.245 e. The summed E-state index contributed by atoms with van der Waals surface area (Å²) in [5.41, 5.74) is 2.46. The van der Waals surface area contributed by atoms with Gasteiger partial charge < -0.3 is 20.6 Å². The van der Waals surface area contributed by atoms with Crippen molar-refractivity contribution in [1.82, 2.24) is 30.5 Å². The van der Waals surface area contributed by atoms with Gasteiger partial charge in [-0.1, -0.05) is 47.7 Å². The minimum absolute atomic E-state index is 0.0852. The number of amides is 3. The molecule has 3 amide bonds. The van der Waals surface area contributed by atoms with E-state index < -0.39 is 33.4 Å². The van der Waals surface area contributed by atoms with Crippen LogP contribution in [-0.2, 0) is 27.5 Å². The highest BCUT2D eigenvalue weighted by molar-refractivity contribution is 8.02. The summed E-state index contributed by atoms with van der Waals surface area (Å²) in [4.78, 5) is 43.1. The van der Waals surface area contributed by atoms with Gasteiger partial charge in [0.1, 0.15) is 18.2 Å². The molecule has 3 aromatic rings. The minimum atomic E-state index is -0.841. The summed E-state index contributed by atoms with van der Waals surface area (Å²) >= 11 is 1.61. The van der Waals surface area contributed by atoms with Crippen molar-refractivity contribution in [2.24, 2.45) is 11.8 Å². The Bertz CT molecular complexity index is 1430. The number of rotatable bonds is 8. The molecule has 0 aliphatic carbocycles. The molecular weight excluding hydrogens is 516 g/mol. The van der Waals surface area contributed by atoms with Crippen LogP contribution in [0.3, 0.4) is 0 Å². The molecule has 2 aromatic carbocycles. The predicted octanol–water partition coefficient (Wildman–Crippen LogP) is 1.34. The number of nitrogens with one attached hydrogen (secondary N) is 2. The van der Waals surface area contributed by atoms with Crippen LogP contribution in [-0.4, -0.2) is 78.0 Å². The minimum Gasteiger partial charge on any atom is -0.394 e. The van der Waals surface area contributed by atoms with Crippen molar-refractivity contribution in [3.63, 3.8) is 0 Å². The van der Waals surface area contributed by atoms with Gasteiger partial charge in [-0.05, 0) is 43.9 Å². The van der Waals surface area contributed by atoms with Gasteiger partial charge in [-0.15, -0.1) is 16.9 Å². The molecule has 6 rings (SSSR count). The number of nitrogens with zero attached hydrogens (tertiary/aromatic N) is 4. The Kier molecular flexibility index (Phi) is 6.38. The highest BCUT2D eigenvalue weighted by atomic mass is 32.2. The highest BCUT2D eigenvalue weighted by Crippen LogP contribution is 2.71. The first-order valence-electron chi connectivity index (χ1n) is 13.3. The number of likely N-dealkylation sites (tertiary alicyclic amines) is 1. The Balaban J connectivity index is 1.37. The molecular formula is C28H32N6O4S.